The SMILES string of the molecule is Cc1cc(C(=O)NCc2cccnc2N2CCN(C)CC2)n(C)n1. The van der Waals surface area contributed by atoms with E-state index in [-0.39, 0.29) is 5.91 Å². The normalized spacial score (nSPS) is 15.5. The average molecular weight is 328 g/mol. The van der Waals surface area contributed by atoms with Crippen molar-refractivity contribution in [2.45, 2.75) is 13.5 Å². The average Bonchev–Trinajstić information content (AvgIpc) is 2.92. The standard InChI is InChI=1S/C17H24N6O/c1-13-11-15(22(3)20-13)17(24)19-12-14-5-4-6-18-16(14)23-9-7-21(2)8-10-23/h4-6,11H,7-10,12H2,1-3H3,(H,19,24). The van der Waals surface area contributed by atoms with Crippen LogP contribution < -0.4 is 10.2 Å². The summed E-state index contributed by atoms with van der Waals surface area (Å²) in [5.74, 6) is 0.846. The second-order valence-corrected chi connectivity index (χ2v) is 6.25. The van der Waals surface area contributed by atoms with E-state index in [0.717, 1.165) is 43.3 Å². The lowest BCUT2D eigenvalue weighted by molar-refractivity contribution is 0.0941. The molecule has 1 aliphatic rings. The van der Waals surface area contributed by atoms with E-state index in [1.165, 1.54) is 0 Å². The van der Waals surface area contributed by atoms with E-state index in [1.54, 1.807) is 17.8 Å². The Morgan fingerprint density at radius 1 is 1.25 bits per heavy atom. The van der Waals surface area contributed by atoms with E-state index in [1.807, 2.05) is 25.3 Å². The first-order chi connectivity index (χ1) is 11.5. The van der Waals surface area contributed by atoms with Crippen LogP contribution in [-0.2, 0) is 13.6 Å². The van der Waals surface area contributed by atoms with Crippen molar-refractivity contribution in [3.8, 4) is 0 Å². The van der Waals surface area contributed by atoms with E-state index in [9.17, 15) is 4.79 Å². The maximum atomic E-state index is 12.4. The Labute approximate surface area is 142 Å². The van der Waals surface area contributed by atoms with Crippen molar-refractivity contribution in [3.05, 3.63) is 41.3 Å². The van der Waals surface area contributed by atoms with Crippen LogP contribution in [-0.4, -0.2) is 58.8 Å². The second-order valence-electron chi connectivity index (χ2n) is 6.25. The molecule has 3 heterocycles. The first-order valence-electron chi connectivity index (χ1n) is 8.21. The van der Waals surface area contributed by atoms with Crippen molar-refractivity contribution in [2.75, 3.05) is 38.1 Å². The molecule has 7 heteroatoms. The number of likely N-dealkylation sites (N-methyl/N-ethyl adjacent to an activating group) is 1. The highest BCUT2D eigenvalue weighted by molar-refractivity contribution is 5.92. The van der Waals surface area contributed by atoms with Gasteiger partial charge in [0, 0.05) is 51.5 Å². The van der Waals surface area contributed by atoms with Crippen molar-refractivity contribution in [1.82, 2.24) is 25.0 Å². The molecule has 1 fully saturated rings. The fourth-order valence-corrected chi connectivity index (χ4v) is 2.96. The third-order valence-electron chi connectivity index (χ3n) is 4.34. The Morgan fingerprint density at radius 3 is 2.67 bits per heavy atom. The largest absolute Gasteiger partial charge is 0.354 e. The molecule has 0 atom stereocenters. The molecule has 1 amide bonds. The van der Waals surface area contributed by atoms with Crippen LogP contribution in [0.5, 0.6) is 0 Å². The minimum Gasteiger partial charge on any atom is -0.354 e. The quantitative estimate of drug-likeness (QED) is 0.899. The third kappa shape index (κ3) is 3.56. The van der Waals surface area contributed by atoms with Crippen LogP contribution in [0.3, 0.4) is 0 Å². The number of amides is 1. The lowest BCUT2D eigenvalue weighted by Crippen LogP contribution is -2.45. The highest BCUT2D eigenvalue weighted by Gasteiger charge is 2.18. The third-order valence-corrected chi connectivity index (χ3v) is 4.34. The van der Waals surface area contributed by atoms with Gasteiger partial charge < -0.3 is 15.1 Å². The Bertz CT molecular complexity index is 718. The zero-order chi connectivity index (χ0) is 17.1. The van der Waals surface area contributed by atoms with Gasteiger partial charge in [0.1, 0.15) is 11.5 Å². The minimum atomic E-state index is -0.119. The number of piperazine rings is 1. The molecular formula is C17H24N6O. The van der Waals surface area contributed by atoms with E-state index < -0.39 is 0 Å². The molecule has 2 aromatic heterocycles. The summed E-state index contributed by atoms with van der Waals surface area (Å²) in [6.07, 6.45) is 1.81. The Kier molecular flexibility index (Phi) is 4.80. The lowest BCUT2D eigenvalue weighted by atomic mass is 10.2. The fourth-order valence-electron chi connectivity index (χ4n) is 2.96. The van der Waals surface area contributed by atoms with Crippen molar-refractivity contribution in [1.29, 1.82) is 0 Å². The van der Waals surface area contributed by atoms with Crippen LogP contribution in [0.2, 0.25) is 0 Å². The van der Waals surface area contributed by atoms with Gasteiger partial charge in [-0.25, -0.2) is 4.98 Å². The summed E-state index contributed by atoms with van der Waals surface area (Å²) in [6.45, 7) is 6.29. The summed E-state index contributed by atoms with van der Waals surface area (Å²) in [5.41, 5.74) is 2.44. The smallest absolute Gasteiger partial charge is 0.269 e. The van der Waals surface area contributed by atoms with Crippen molar-refractivity contribution >= 4 is 11.7 Å². The molecule has 0 radical (unpaired) electrons. The molecule has 128 valence electrons. The number of anilines is 1. The number of hydrogen-bond donors (Lipinski definition) is 1. The monoisotopic (exact) mass is 328 g/mol. The summed E-state index contributed by atoms with van der Waals surface area (Å²) in [5, 5.41) is 7.20. The molecule has 1 N–H and O–H groups in total. The Morgan fingerprint density at radius 2 is 2.00 bits per heavy atom. The van der Waals surface area contributed by atoms with Crippen molar-refractivity contribution in [2.24, 2.45) is 7.05 Å². The number of carbonyl (C=O) groups excluding carboxylic acids is 1. The number of nitrogens with one attached hydrogen (secondary N) is 1. The van der Waals surface area contributed by atoms with E-state index in [0.29, 0.717) is 12.2 Å². The molecule has 1 aliphatic heterocycles. The lowest BCUT2D eigenvalue weighted by Gasteiger charge is -2.34. The van der Waals surface area contributed by atoms with Gasteiger partial charge in [-0.1, -0.05) is 6.07 Å². The molecule has 24 heavy (non-hydrogen) atoms. The molecule has 2 aromatic rings. The topological polar surface area (TPSA) is 66.3 Å². The molecule has 0 unspecified atom stereocenters. The van der Waals surface area contributed by atoms with Gasteiger partial charge in [0.15, 0.2) is 0 Å². The van der Waals surface area contributed by atoms with Crippen LogP contribution in [0.1, 0.15) is 21.7 Å². The second kappa shape index (κ2) is 7.00. The van der Waals surface area contributed by atoms with E-state index in [4.69, 9.17) is 0 Å². The molecule has 1 saturated heterocycles. The molecule has 0 saturated carbocycles. The zero-order valence-electron chi connectivity index (χ0n) is 14.5. The van der Waals surface area contributed by atoms with Gasteiger partial charge in [-0.15, -0.1) is 0 Å². The number of hydrogen-bond acceptors (Lipinski definition) is 5. The van der Waals surface area contributed by atoms with Crippen LogP contribution >= 0.6 is 0 Å². The van der Waals surface area contributed by atoms with Gasteiger partial charge in [-0.2, -0.15) is 5.10 Å². The van der Waals surface area contributed by atoms with Crippen LogP contribution in [0.25, 0.3) is 0 Å². The molecule has 0 bridgehead atoms. The first kappa shape index (κ1) is 16.4. The number of carbonyl (C=O) groups is 1. The first-order valence-corrected chi connectivity index (χ1v) is 8.21. The number of nitrogens with zero attached hydrogens (tertiary/aromatic N) is 5. The van der Waals surface area contributed by atoms with Gasteiger partial charge in [0.2, 0.25) is 0 Å². The fraction of sp³-hybridized carbons (Fsp3) is 0.471. The van der Waals surface area contributed by atoms with Gasteiger partial charge in [0.25, 0.3) is 5.91 Å². The molecule has 3 rings (SSSR count). The molecule has 7 nitrogen and oxygen atoms in total. The Balaban J connectivity index is 1.69. The maximum Gasteiger partial charge on any atom is 0.269 e. The van der Waals surface area contributed by atoms with E-state index in [2.05, 4.69) is 32.2 Å². The minimum absolute atomic E-state index is 0.119. The number of pyridine rings is 1. The highest BCUT2D eigenvalue weighted by Crippen LogP contribution is 2.18. The van der Waals surface area contributed by atoms with Crippen LogP contribution in [0, 0.1) is 6.92 Å². The summed E-state index contributed by atoms with van der Waals surface area (Å²) in [7, 11) is 3.91. The zero-order valence-corrected chi connectivity index (χ0v) is 14.5. The molecular weight excluding hydrogens is 304 g/mol. The number of aromatic nitrogens is 3. The van der Waals surface area contributed by atoms with E-state index >= 15 is 0 Å². The predicted molar refractivity (Wildman–Crippen MR) is 93.1 cm³/mol. The van der Waals surface area contributed by atoms with Gasteiger partial charge in [-0.3, -0.25) is 9.48 Å². The van der Waals surface area contributed by atoms with Crippen molar-refractivity contribution < 1.29 is 4.79 Å². The van der Waals surface area contributed by atoms with Crippen LogP contribution in [0.4, 0.5) is 5.82 Å². The summed E-state index contributed by atoms with van der Waals surface area (Å²) in [4.78, 5) is 21.5. The molecule has 0 aromatic carbocycles. The predicted octanol–water partition coefficient (Wildman–Crippen LogP) is 0.805. The molecule has 0 aliphatic carbocycles. The summed E-state index contributed by atoms with van der Waals surface area (Å²) in [6, 6.07) is 5.73. The summed E-state index contributed by atoms with van der Waals surface area (Å²) >= 11 is 0. The number of aryl methyl sites for hydroxylation is 2. The molecule has 0 spiro atoms. The van der Waals surface area contributed by atoms with Gasteiger partial charge in [-0.05, 0) is 26.1 Å². The van der Waals surface area contributed by atoms with Gasteiger partial charge >= 0.3 is 0 Å². The Hall–Kier alpha value is -2.41. The van der Waals surface area contributed by atoms with Crippen molar-refractivity contribution in [3.63, 3.8) is 0 Å². The number of rotatable bonds is 4. The van der Waals surface area contributed by atoms with Gasteiger partial charge in [0.05, 0.1) is 5.69 Å². The maximum absolute atomic E-state index is 12.4. The van der Waals surface area contributed by atoms with Crippen LogP contribution in [0.15, 0.2) is 24.4 Å². The summed E-state index contributed by atoms with van der Waals surface area (Å²) < 4.78 is 1.61. The highest BCUT2D eigenvalue weighted by atomic mass is 16.2.